The van der Waals surface area contributed by atoms with Gasteiger partial charge in [-0.2, -0.15) is 0 Å². The lowest BCUT2D eigenvalue weighted by atomic mass is 10.1. The number of carbonyl (C=O) groups excluding carboxylic acids is 2. The summed E-state index contributed by atoms with van der Waals surface area (Å²) in [6.45, 7) is 1.37. The third kappa shape index (κ3) is 4.51. The van der Waals surface area contributed by atoms with E-state index in [0.717, 1.165) is 5.56 Å². The van der Waals surface area contributed by atoms with Gasteiger partial charge in [0.05, 0.1) is 16.3 Å². The maximum absolute atomic E-state index is 12.7. The third-order valence-corrected chi connectivity index (χ3v) is 5.96. The first-order valence-electron chi connectivity index (χ1n) is 9.39. The van der Waals surface area contributed by atoms with Crippen LogP contribution < -0.4 is 20.1 Å². The summed E-state index contributed by atoms with van der Waals surface area (Å²) < 4.78 is 33.7. The quantitative estimate of drug-likeness (QED) is 0.565. The van der Waals surface area contributed by atoms with Crippen LogP contribution in [0.2, 0.25) is 0 Å². The predicted octanol–water partition coefficient (Wildman–Crippen LogP) is 3.52. The van der Waals surface area contributed by atoms with Gasteiger partial charge < -0.3 is 15.4 Å². The van der Waals surface area contributed by atoms with Crippen LogP contribution in [0.1, 0.15) is 18.6 Å². The Morgan fingerprint density at radius 1 is 0.968 bits per heavy atom. The van der Waals surface area contributed by atoms with Crippen molar-refractivity contribution in [3.8, 4) is 5.75 Å². The highest BCUT2D eigenvalue weighted by Crippen LogP contribution is 2.37. The normalized spacial score (nSPS) is 15.3. The molecule has 0 bridgehead atoms. The van der Waals surface area contributed by atoms with Crippen LogP contribution in [0, 0.1) is 0 Å². The van der Waals surface area contributed by atoms with Crippen LogP contribution in [0.25, 0.3) is 0 Å². The minimum Gasteiger partial charge on any atom is -0.474 e. The maximum Gasteiger partial charge on any atom is 0.270 e. The van der Waals surface area contributed by atoms with Crippen molar-refractivity contribution < 1.29 is 22.7 Å². The molecule has 0 radical (unpaired) electrons. The van der Waals surface area contributed by atoms with Crippen LogP contribution in [0.15, 0.2) is 77.7 Å². The van der Waals surface area contributed by atoms with E-state index in [9.17, 15) is 18.0 Å². The first-order valence-corrected chi connectivity index (χ1v) is 10.9. The van der Waals surface area contributed by atoms with Gasteiger partial charge in [-0.1, -0.05) is 30.3 Å². The molecule has 31 heavy (non-hydrogen) atoms. The molecular weight excluding hydrogens is 418 g/mol. The number of hydrogen-bond donors (Lipinski definition) is 3. The fourth-order valence-electron chi connectivity index (χ4n) is 3.15. The maximum atomic E-state index is 12.7. The zero-order valence-electron chi connectivity index (χ0n) is 16.5. The molecular formula is C22H19N3O5S. The number of benzene rings is 3. The molecule has 1 aliphatic rings. The van der Waals surface area contributed by atoms with Gasteiger partial charge in [-0.3, -0.25) is 14.3 Å². The van der Waals surface area contributed by atoms with Crippen LogP contribution in [0.3, 0.4) is 0 Å². The summed E-state index contributed by atoms with van der Waals surface area (Å²) >= 11 is 0. The van der Waals surface area contributed by atoms with Gasteiger partial charge in [-0.25, -0.2) is 8.42 Å². The molecule has 0 aliphatic carbocycles. The average molecular weight is 437 g/mol. The van der Waals surface area contributed by atoms with Crippen LogP contribution in [-0.4, -0.2) is 20.2 Å². The minimum atomic E-state index is -3.87. The molecule has 0 saturated heterocycles. The molecule has 1 aliphatic heterocycles. The van der Waals surface area contributed by atoms with Crippen molar-refractivity contribution in [2.24, 2.45) is 0 Å². The van der Waals surface area contributed by atoms with Gasteiger partial charge in [-0.15, -0.1) is 0 Å². The lowest BCUT2D eigenvalue weighted by Crippen LogP contribution is -2.30. The van der Waals surface area contributed by atoms with Gasteiger partial charge in [0.25, 0.3) is 15.9 Å². The van der Waals surface area contributed by atoms with Gasteiger partial charge in [0.2, 0.25) is 12.0 Å². The highest BCUT2D eigenvalue weighted by Gasteiger charge is 2.29. The highest BCUT2D eigenvalue weighted by atomic mass is 32.2. The summed E-state index contributed by atoms with van der Waals surface area (Å²) in [7, 11) is -3.87. The third-order valence-electron chi connectivity index (χ3n) is 4.56. The number of fused-ring (bicyclic) bond motifs is 1. The Bertz CT molecular complexity index is 1240. The second-order valence-corrected chi connectivity index (χ2v) is 8.60. The molecule has 3 N–H and O–H groups in total. The summed E-state index contributed by atoms with van der Waals surface area (Å²) in [6, 6.07) is 19.5. The molecule has 3 aromatic rings. The first kappa shape index (κ1) is 20.4. The average Bonchev–Trinajstić information content (AvgIpc) is 2.73. The van der Waals surface area contributed by atoms with Crippen LogP contribution >= 0.6 is 0 Å². The zero-order chi connectivity index (χ0) is 22.0. The van der Waals surface area contributed by atoms with Gasteiger partial charge >= 0.3 is 0 Å². The second kappa shape index (κ2) is 8.11. The molecule has 9 heteroatoms. The first-order chi connectivity index (χ1) is 14.8. The fraction of sp³-hybridized carbons (Fsp3) is 0.0909. The van der Waals surface area contributed by atoms with E-state index < -0.39 is 16.1 Å². The van der Waals surface area contributed by atoms with Crippen LogP contribution in [0.5, 0.6) is 5.75 Å². The van der Waals surface area contributed by atoms with Crippen molar-refractivity contribution in [1.82, 2.24) is 0 Å². The molecule has 2 amide bonds. The van der Waals surface area contributed by atoms with Crippen LogP contribution in [0.4, 0.5) is 17.1 Å². The standard InChI is InChI=1S/C22H19N3O5S/c1-14(26)23-16-7-10-18(11-8-16)31(28,29)25-17-9-12-20-19(13-17)24-22(27)21(30-20)15-5-3-2-4-6-15/h2-13,21,25H,1H3,(H,23,26)(H,24,27). The van der Waals surface area contributed by atoms with Crippen molar-refractivity contribution in [3.05, 3.63) is 78.4 Å². The lowest BCUT2D eigenvalue weighted by molar-refractivity contribution is -0.123. The molecule has 0 fully saturated rings. The van der Waals surface area contributed by atoms with E-state index in [4.69, 9.17) is 4.74 Å². The zero-order valence-corrected chi connectivity index (χ0v) is 17.3. The van der Waals surface area contributed by atoms with E-state index in [-0.39, 0.29) is 22.4 Å². The molecule has 1 atom stereocenters. The van der Waals surface area contributed by atoms with E-state index >= 15 is 0 Å². The smallest absolute Gasteiger partial charge is 0.270 e. The molecule has 8 nitrogen and oxygen atoms in total. The lowest BCUT2D eigenvalue weighted by Gasteiger charge is -2.26. The Morgan fingerprint density at radius 3 is 2.32 bits per heavy atom. The summed E-state index contributed by atoms with van der Waals surface area (Å²) in [6.07, 6.45) is -0.779. The fourth-order valence-corrected chi connectivity index (χ4v) is 4.20. The minimum absolute atomic E-state index is 0.0312. The molecule has 0 spiro atoms. The Kier molecular flexibility index (Phi) is 5.35. The SMILES string of the molecule is CC(=O)Nc1ccc(S(=O)(=O)Nc2ccc3c(c2)NC(=O)C(c2ccccc2)O3)cc1. The van der Waals surface area contributed by atoms with Crippen molar-refractivity contribution in [2.45, 2.75) is 17.9 Å². The Balaban J connectivity index is 1.52. The molecule has 4 rings (SSSR count). The summed E-state index contributed by atoms with van der Waals surface area (Å²) in [4.78, 5) is 23.6. The molecule has 1 heterocycles. The topological polar surface area (TPSA) is 114 Å². The van der Waals surface area contributed by atoms with Crippen LogP contribution in [-0.2, 0) is 19.6 Å². The number of amides is 2. The second-order valence-electron chi connectivity index (χ2n) is 6.92. The van der Waals surface area contributed by atoms with Gasteiger partial charge in [0, 0.05) is 18.2 Å². The Hall–Kier alpha value is -3.85. The summed E-state index contributed by atoms with van der Waals surface area (Å²) in [5.74, 6) is -0.148. The van der Waals surface area contributed by atoms with Gasteiger partial charge in [0.15, 0.2) is 0 Å². The predicted molar refractivity (Wildman–Crippen MR) is 116 cm³/mol. The molecule has 3 aromatic carbocycles. The van der Waals surface area contributed by atoms with Crippen molar-refractivity contribution in [1.29, 1.82) is 0 Å². The van der Waals surface area contributed by atoms with Gasteiger partial charge in [-0.05, 0) is 42.5 Å². The van der Waals surface area contributed by atoms with Crippen molar-refractivity contribution >= 4 is 38.9 Å². The molecule has 1 unspecified atom stereocenters. The summed E-state index contributed by atoms with van der Waals surface area (Å²) in [5, 5.41) is 5.34. The van der Waals surface area contributed by atoms with Crippen molar-refractivity contribution in [2.75, 3.05) is 15.4 Å². The highest BCUT2D eigenvalue weighted by molar-refractivity contribution is 7.92. The van der Waals surface area contributed by atoms with E-state index in [1.54, 1.807) is 24.3 Å². The molecule has 0 saturated carbocycles. The van der Waals surface area contributed by atoms with E-state index in [2.05, 4.69) is 15.4 Å². The van der Waals surface area contributed by atoms with E-state index in [0.29, 0.717) is 17.1 Å². The number of ether oxygens (including phenoxy) is 1. The molecule has 0 aromatic heterocycles. The molecule has 158 valence electrons. The Morgan fingerprint density at radius 2 is 1.65 bits per heavy atom. The number of sulfonamides is 1. The monoisotopic (exact) mass is 437 g/mol. The number of carbonyl (C=O) groups is 2. The van der Waals surface area contributed by atoms with Gasteiger partial charge in [0.1, 0.15) is 5.75 Å². The number of nitrogens with one attached hydrogen (secondary N) is 3. The van der Waals surface area contributed by atoms with Crippen molar-refractivity contribution in [3.63, 3.8) is 0 Å². The van der Waals surface area contributed by atoms with E-state index in [1.807, 2.05) is 18.2 Å². The largest absolute Gasteiger partial charge is 0.474 e. The number of hydrogen-bond acceptors (Lipinski definition) is 5. The summed E-state index contributed by atoms with van der Waals surface area (Å²) in [5.41, 5.74) is 1.86. The number of rotatable bonds is 5. The number of anilines is 3. The Labute approximate surface area is 179 Å². The van der Waals surface area contributed by atoms with E-state index in [1.165, 1.54) is 37.3 Å².